The summed E-state index contributed by atoms with van der Waals surface area (Å²) in [7, 11) is 4.34. The van der Waals surface area contributed by atoms with Gasteiger partial charge in [0.15, 0.2) is 18.5 Å². The molecule has 16 nitrogen and oxygen atoms in total. The average Bonchev–Trinajstić information content (AvgIpc) is 3.01. The molecule has 3 rings (SSSR count). The molecule has 10 atom stereocenters. The van der Waals surface area contributed by atoms with E-state index >= 15 is 0 Å². The summed E-state index contributed by atoms with van der Waals surface area (Å²) in [5.74, 6) is -1.93. The third-order valence-corrected chi connectivity index (χ3v) is 7.40. The number of rotatable bonds is 16. The number of methoxy groups -OCH3 is 3. The van der Waals surface area contributed by atoms with Crippen molar-refractivity contribution in [2.45, 2.75) is 95.0 Å². The summed E-state index contributed by atoms with van der Waals surface area (Å²) in [4.78, 5) is 38.9. The number of esters is 3. The fourth-order valence-electron chi connectivity index (χ4n) is 5.55. The number of carbonyl (C=O) groups is 3. The lowest BCUT2D eigenvalue weighted by atomic mass is 9.92. The van der Waals surface area contributed by atoms with E-state index in [1.807, 2.05) is 30.3 Å². The van der Waals surface area contributed by atoms with E-state index in [0.29, 0.717) is 6.42 Å². The summed E-state index contributed by atoms with van der Waals surface area (Å²) in [6.45, 7) is 3.67. The molecular formula is C30H43N3O13. The van der Waals surface area contributed by atoms with E-state index in [1.54, 1.807) is 0 Å². The Morgan fingerprint density at radius 1 is 0.783 bits per heavy atom. The highest BCUT2D eigenvalue weighted by molar-refractivity contribution is 5.67. The molecule has 0 N–H and O–H groups in total. The van der Waals surface area contributed by atoms with Crippen molar-refractivity contribution in [3.05, 3.63) is 46.3 Å². The van der Waals surface area contributed by atoms with Crippen LogP contribution in [0.25, 0.3) is 10.4 Å². The molecule has 1 aromatic rings. The molecule has 0 spiro atoms. The quantitative estimate of drug-likeness (QED) is 0.0830. The second kappa shape index (κ2) is 18.7. The zero-order chi connectivity index (χ0) is 33.6. The Hall–Kier alpha value is -3.34. The summed E-state index contributed by atoms with van der Waals surface area (Å²) in [5, 5.41) is 3.65. The third kappa shape index (κ3) is 10.3. The van der Waals surface area contributed by atoms with Crippen LogP contribution in [0.5, 0.6) is 0 Å². The van der Waals surface area contributed by atoms with Crippen LogP contribution in [0.4, 0.5) is 0 Å². The number of hydrogen-bond acceptors (Lipinski definition) is 14. The molecule has 0 bridgehead atoms. The van der Waals surface area contributed by atoms with Crippen LogP contribution < -0.4 is 0 Å². The van der Waals surface area contributed by atoms with Crippen LogP contribution in [0, 0.1) is 0 Å². The Kier molecular flexibility index (Phi) is 15.1. The summed E-state index contributed by atoms with van der Waals surface area (Å²) in [6, 6.07) is 9.46. The van der Waals surface area contributed by atoms with Gasteiger partial charge in [-0.15, -0.1) is 0 Å². The maximum absolute atomic E-state index is 12.3. The zero-order valence-corrected chi connectivity index (χ0v) is 26.8. The molecule has 0 amide bonds. The normalized spacial score (nSPS) is 30.9. The Bertz CT molecular complexity index is 1170. The highest BCUT2D eigenvalue weighted by Gasteiger charge is 2.55. The van der Waals surface area contributed by atoms with E-state index in [9.17, 15) is 14.4 Å². The van der Waals surface area contributed by atoms with Gasteiger partial charge in [-0.1, -0.05) is 35.4 Å². The van der Waals surface area contributed by atoms with Gasteiger partial charge in [-0.25, -0.2) is 0 Å². The van der Waals surface area contributed by atoms with Gasteiger partial charge in [-0.2, -0.15) is 0 Å². The van der Waals surface area contributed by atoms with Crippen molar-refractivity contribution in [1.29, 1.82) is 0 Å². The number of ether oxygens (including phenoxy) is 10. The van der Waals surface area contributed by atoms with Crippen molar-refractivity contribution in [2.24, 2.45) is 5.11 Å². The van der Waals surface area contributed by atoms with Crippen LogP contribution >= 0.6 is 0 Å². The predicted octanol–water partition coefficient (Wildman–Crippen LogP) is 2.25. The molecule has 2 aliphatic rings. The van der Waals surface area contributed by atoms with E-state index in [-0.39, 0.29) is 26.4 Å². The van der Waals surface area contributed by atoms with Crippen molar-refractivity contribution in [2.75, 3.05) is 41.1 Å². The molecule has 256 valence electrons. The van der Waals surface area contributed by atoms with Gasteiger partial charge in [-0.3, -0.25) is 14.4 Å². The summed E-state index contributed by atoms with van der Waals surface area (Å²) < 4.78 is 59.1. The van der Waals surface area contributed by atoms with Crippen molar-refractivity contribution >= 4 is 17.9 Å². The molecule has 2 fully saturated rings. The van der Waals surface area contributed by atoms with Crippen LogP contribution in [0.3, 0.4) is 0 Å². The molecule has 0 aliphatic carbocycles. The smallest absolute Gasteiger partial charge is 0.303 e. The molecule has 16 heteroatoms. The van der Waals surface area contributed by atoms with Crippen molar-refractivity contribution < 1.29 is 61.8 Å². The van der Waals surface area contributed by atoms with E-state index < -0.39 is 79.1 Å². The molecule has 46 heavy (non-hydrogen) atoms. The standard InChI is InChI=1S/C30H43N3O13/c1-17(34)40-16-23-25(42-18(2)35)27(39-6)29(43-19(3)36)30(45-23)46-26-22(15-37-4)44-21(12-13-32-33-31)24(38-5)28(26)41-14-20-10-8-7-9-11-20/h7-11,21-30H,12-16H2,1-6H3/t21-,22+,23-,24-,25+,26+,27-,28+,29+,30-/m0/s1. The van der Waals surface area contributed by atoms with Gasteiger partial charge in [0.2, 0.25) is 0 Å². The monoisotopic (exact) mass is 653 g/mol. The second-order valence-electron chi connectivity index (χ2n) is 10.7. The van der Waals surface area contributed by atoms with Gasteiger partial charge in [0.05, 0.1) is 19.3 Å². The fourth-order valence-corrected chi connectivity index (χ4v) is 5.55. The van der Waals surface area contributed by atoms with Crippen molar-refractivity contribution in [3.63, 3.8) is 0 Å². The van der Waals surface area contributed by atoms with Gasteiger partial charge in [0.1, 0.15) is 43.2 Å². The molecule has 0 saturated carbocycles. The lowest BCUT2D eigenvalue weighted by molar-refractivity contribution is -0.350. The van der Waals surface area contributed by atoms with E-state index in [4.69, 9.17) is 52.9 Å². The lowest BCUT2D eigenvalue weighted by Gasteiger charge is -2.49. The average molecular weight is 654 g/mol. The SMILES string of the molecule is COC[C@H]1O[C@@H](CCN=[N+]=[N-])[C@H](OC)[C@@H](OCc2ccccc2)[C@@H]1O[C@@H]1O[C@@H](COC(C)=O)[C@@H](OC(C)=O)[C@H](OC)[C@H]1OC(C)=O. The fraction of sp³-hybridized carbons (Fsp3) is 0.700. The topological polar surface area (TPSA) is 192 Å². The van der Waals surface area contributed by atoms with Gasteiger partial charge in [0, 0.05) is 53.6 Å². The second-order valence-corrected chi connectivity index (χ2v) is 10.7. The van der Waals surface area contributed by atoms with Crippen LogP contribution in [-0.4, -0.2) is 120 Å². The Morgan fingerprint density at radius 2 is 1.43 bits per heavy atom. The largest absolute Gasteiger partial charge is 0.463 e. The lowest BCUT2D eigenvalue weighted by Crippen LogP contribution is -2.66. The third-order valence-electron chi connectivity index (χ3n) is 7.40. The molecule has 1 aromatic carbocycles. The first kappa shape index (κ1) is 37.1. The minimum absolute atomic E-state index is 0.0515. The Morgan fingerprint density at radius 3 is 2.02 bits per heavy atom. The number of azide groups is 1. The van der Waals surface area contributed by atoms with Gasteiger partial charge < -0.3 is 47.4 Å². The van der Waals surface area contributed by atoms with Crippen LogP contribution in [-0.2, 0) is 68.4 Å². The van der Waals surface area contributed by atoms with Crippen molar-refractivity contribution in [1.82, 2.24) is 0 Å². The summed E-state index contributed by atoms with van der Waals surface area (Å²) >= 11 is 0. The van der Waals surface area contributed by atoms with Crippen molar-refractivity contribution in [3.8, 4) is 0 Å². The number of hydrogen-bond donors (Lipinski definition) is 0. The van der Waals surface area contributed by atoms with Crippen LogP contribution in [0.15, 0.2) is 35.4 Å². The highest BCUT2D eigenvalue weighted by Crippen LogP contribution is 2.35. The van der Waals surface area contributed by atoms with Crippen LogP contribution in [0.1, 0.15) is 32.8 Å². The van der Waals surface area contributed by atoms with Crippen LogP contribution in [0.2, 0.25) is 0 Å². The van der Waals surface area contributed by atoms with Gasteiger partial charge in [0.25, 0.3) is 0 Å². The first-order valence-electron chi connectivity index (χ1n) is 14.8. The van der Waals surface area contributed by atoms with Gasteiger partial charge >= 0.3 is 17.9 Å². The molecule has 2 aliphatic heterocycles. The zero-order valence-electron chi connectivity index (χ0n) is 26.8. The molecular weight excluding hydrogens is 610 g/mol. The summed E-state index contributed by atoms with van der Waals surface area (Å²) in [6.07, 6.45) is -9.40. The molecule has 2 saturated heterocycles. The van der Waals surface area contributed by atoms with E-state index in [0.717, 1.165) is 5.56 Å². The number of nitrogens with zero attached hydrogens (tertiary/aromatic N) is 3. The Balaban J connectivity index is 2.03. The van der Waals surface area contributed by atoms with E-state index in [2.05, 4.69) is 10.0 Å². The number of benzene rings is 1. The Labute approximate surface area is 267 Å². The minimum atomic E-state index is -1.35. The first-order chi connectivity index (χ1) is 22.1. The van der Waals surface area contributed by atoms with Gasteiger partial charge in [-0.05, 0) is 17.5 Å². The minimum Gasteiger partial charge on any atom is -0.463 e. The molecule has 0 radical (unpaired) electrons. The summed E-state index contributed by atoms with van der Waals surface area (Å²) in [5.41, 5.74) is 9.72. The van der Waals surface area contributed by atoms with E-state index in [1.165, 1.54) is 42.1 Å². The molecule has 0 unspecified atom stereocenters. The predicted molar refractivity (Wildman–Crippen MR) is 157 cm³/mol. The highest BCUT2D eigenvalue weighted by atomic mass is 16.7. The number of carbonyl (C=O) groups excluding carboxylic acids is 3. The molecule has 2 heterocycles. The maximum Gasteiger partial charge on any atom is 0.303 e. The maximum atomic E-state index is 12.3. The first-order valence-corrected chi connectivity index (χ1v) is 14.8. The molecule has 0 aromatic heterocycles.